The van der Waals surface area contributed by atoms with E-state index in [2.05, 4.69) is 107 Å². The minimum Gasteiger partial charge on any atom is 5.00 e. The molecule has 3 aliphatic carbocycles. The third-order valence-corrected chi connectivity index (χ3v) is 8.93. The molecule has 387 valence electrons. The van der Waals surface area contributed by atoms with Crippen molar-refractivity contribution in [3.63, 3.8) is 0 Å². The van der Waals surface area contributed by atoms with Crippen LogP contribution in [-0.4, -0.2) is 24.4 Å². The summed E-state index contributed by atoms with van der Waals surface area (Å²) >= 11 is 1.06. The summed E-state index contributed by atoms with van der Waals surface area (Å²) in [5, 5.41) is 14.0. The molecule has 0 heterocycles. The average molecular weight is 1430 g/mol. The maximum absolute atomic E-state index is 8.19. The maximum Gasteiger partial charge on any atom is 5.00 e. The number of hydrogen-bond acceptors (Lipinski definition) is 3. The van der Waals surface area contributed by atoms with Crippen molar-refractivity contribution in [2.24, 2.45) is 46.3 Å². The van der Waals surface area contributed by atoms with Crippen molar-refractivity contribution in [3.8, 4) is 0 Å². The predicted octanol–water partition coefficient (Wildman–Crippen LogP) is 19.4. The third kappa shape index (κ3) is 104. The summed E-state index contributed by atoms with van der Waals surface area (Å²) in [4.78, 5) is 0. The number of aliphatic hydroxyl groups excluding tert-OH is 2. The van der Waals surface area contributed by atoms with Crippen LogP contribution in [0.2, 0.25) is 0 Å². The van der Waals surface area contributed by atoms with Crippen LogP contribution in [0.1, 0.15) is 167 Å². The molecule has 0 saturated heterocycles. The molecule has 0 aliphatic heterocycles. The van der Waals surface area contributed by atoms with Crippen molar-refractivity contribution in [1.82, 2.24) is 0 Å². The van der Waals surface area contributed by atoms with E-state index in [9.17, 15) is 0 Å². The van der Waals surface area contributed by atoms with E-state index in [0.29, 0.717) is 16.7 Å². The average Bonchev–Trinajstić information content (AvgIpc) is 3.75. The number of rotatable bonds is 5. The Labute approximate surface area is 464 Å². The molecule has 0 bridgehead atoms. The van der Waals surface area contributed by atoms with Crippen LogP contribution in [0.25, 0.3) is 0 Å². The smallest absolute Gasteiger partial charge is 5.00 e. The molecule has 7 heteroatoms. The Balaban J connectivity index is -0.0000000139. The Morgan fingerprint density at radius 1 is 0.516 bits per heavy atom. The summed E-state index contributed by atoms with van der Waals surface area (Å²) in [5.74, 6) is 5.50. The van der Waals surface area contributed by atoms with E-state index >= 15 is 0 Å². The molecule has 3 rings (SSSR count). The van der Waals surface area contributed by atoms with Gasteiger partial charge in [-0.2, -0.15) is 0 Å². The Bertz CT molecular complexity index is 600. The molecule has 0 spiro atoms. The molecule has 3 fully saturated rings. The van der Waals surface area contributed by atoms with Crippen molar-refractivity contribution < 1.29 is 98.4 Å². The van der Waals surface area contributed by atoms with Crippen LogP contribution in [-0.2, 0) is 88.2 Å². The monoisotopic (exact) mass is 1430 g/mol. The van der Waals surface area contributed by atoms with Gasteiger partial charge in [-0.1, -0.05) is 165 Å². The fourth-order valence-electron chi connectivity index (χ4n) is 5.82. The van der Waals surface area contributed by atoms with Gasteiger partial charge in [0.2, 0.25) is 0 Å². The topological polar surface area (TPSA) is 57.5 Å². The van der Waals surface area contributed by atoms with Crippen LogP contribution in [0.4, 0.5) is 0 Å². The Morgan fingerprint density at radius 2 is 0.790 bits per heavy atom. The molecule has 62 heavy (non-hydrogen) atoms. The summed E-state index contributed by atoms with van der Waals surface area (Å²) in [5.41, 5.74) is 1.06. The Hall–Kier alpha value is 2.01. The van der Waals surface area contributed by atoms with Gasteiger partial charge in [0.25, 0.3) is 0 Å². The molecule has 3 saturated carbocycles. The molecule has 3 nitrogen and oxygen atoms in total. The van der Waals surface area contributed by atoms with E-state index in [1.54, 1.807) is 0 Å². The second-order valence-corrected chi connectivity index (χ2v) is 15.6. The first-order valence-corrected chi connectivity index (χ1v) is 18.1. The van der Waals surface area contributed by atoms with E-state index < -0.39 is 0 Å². The minimum absolute atomic E-state index is 0. The van der Waals surface area contributed by atoms with Crippen molar-refractivity contribution in [2.75, 3.05) is 14.2 Å². The third-order valence-electron chi connectivity index (χ3n) is 8.93. The van der Waals surface area contributed by atoms with Crippen molar-refractivity contribution in [1.29, 1.82) is 0 Å². The van der Waals surface area contributed by atoms with Gasteiger partial charge in [0.05, 0.1) is 0 Å². The van der Waals surface area contributed by atoms with E-state index in [1.807, 2.05) is 0 Å². The van der Waals surface area contributed by atoms with Gasteiger partial charge in [0.15, 0.2) is 0 Å². The molecule has 0 aromatic heterocycles. The summed E-state index contributed by atoms with van der Waals surface area (Å²) in [6, 6.07) is 0. The molecule has 0 radical (unpaired) electrons. The number of aliphatic hydroxyl groups is 2. The first kappa shape index (κ1) is 151. The van der Waals surface area contributed by atoms with E-state index in [4.69, 9.17) is 13.9 Å². The normalized spacial score (nSPS) is 14.1. The summed E-state index contributed by atoms with van der Waals surface area (Å²) in [6.45, 7) is 27.8. The second kappa shape index (κ2) is 101. The molecule has 2 unspecified atom stereocenters. The molecular weight excluding hydrogens is 1300 g/mol. The molecular formula is C55H128O3Ta3V-. The van der Waals surface area contributed by atoms with Gasteiger partial charge in [-0.3, -0.25) is 0 Å². The summed E-state index contributed by atoms with van der Waals surface area (Å²) in [7, 11) is 2.00. The number of hydrogen-bond donors (Lipinski definition) is 2. The van der Waals surface area contributed by atoms with Gasteiger partial charge in [-0.15, -0.1) is 0 Å². The molecule has 2 N–H and O–H groups in total. The molecule has 0 aromatic carbocycles. The van der Waals surface area contributed by atoms with E-state index in [1.165, 1.54) is 83.5 Å². The summed E-state index contributed by atoms with van der Waals surface area (Å²) < 4.78 is 8.19. The van der Waals surface area contributed by atoms with Crippen LogP contribution in [0.5, 0.6) is 0 Å². The first-order valence-electron chi connectivity index (χ1n) is 17.6. The SMILES string of the molecule is CC(C)(C)C1CCC(C(C)(C)C)C1.CC(C)C=CC=CCC(C)C.CC1CCCC1.CCC1CCCC1.CO.CO.[CH3-].[CH3-].[CH3-].[CH3-].[CH3-].[CH3-].[CH3-].[CH3-].[CH3-].[CH3-].[CH3-].[CH3-].[CH3-].[CH3-].[CH3-].[CH3-].[O]=[V].[Ta+5].[Ta+5].[Ta+5]. The molecule has 0 amide bonds. The molecule has 2 atom stereocenters. The molecule has 3 aliphatic rings. The van der Waals surface area contributed by atoms with Gasteiger partial charge in [0, 0.05) is 14.2 Å². The second-order valence-electron chi connectivity index (χ2n) is 15.6. The van der Waals surface area contributed by atoms with Crippen LogP contribution < -0.4 is 0 Å². The van der Waals surface area contributed by atoms with Crippen molar-refractivity contribution in [3.05, 3.63) is 143 Å². The van der Waals surface area contributed by atoms with Crippen LogP contribution >= 0.6 is 0 Å². The molecule has 0 aromatic rings. The standard InChI is InChI=1S/C13H26.C11H20.C7H14.C6H12.2CH4O.16CH3.O.3Ta.V/c1-12(2,3)10-7-8-11(9-10)13(4,5)6;1-10(2)8-6-5-7-9-11(3)4;1-2-7-5-3-4-6-7;1-6-4-2-3-5-6;2*1-2;;;;;;;;;;;;;;;;;;;;;/h10-11H,7-9H2,1-6H3;5-8,10-11H,9H2,1-4H3;7H,2-6H2,1H3;6H,2-5H2,1H3;2*2H,1H3;16*1H3;;;;;/q;;;;;;16*-1;;3*+5;. The Kier molecular flexibility index (Phi) is 246. The zero-order valence-corrected chi connectivity index (χ0v) is 60.1. The van der Waals surface area contributed by atoms with E-state index in [-0.39, 0.29) is 186 Å². The first-order chi connectivity index (χ1) is 20.2. The zero-order valence-electron chi connectivity index (χ0n) is 49.1. The van der Waals surface area contributed by atoms with Crippen LogP contribution in [0.15, 0.2) is 24.3 Å². The fourth-order valence-corrected chi connectivity index (χ4v) is 5.82. The van der Waals surface area contributed by atoms with Gasteiger partial charge in [0.1, 0.15) is 0 Å². The maximum atomic E-state index is 8.19. The largest absolute Gasteiger partial charge is 5.00 e. The predicted molar refractivity (Wildman–Crippen MR) is 292 cm³/mol. The van der Waals surface area contributed by atoms with E-state index in [0.717, 1.165) is 61.2 Å². The van der Waals surface area contributed by atoms with Crippen molar-refractivity contribution >= 4 is 0 Å². The van der Waals surface area contributed by atoms with Crippen LogP contribution in [0.3, 0.4) is 0 Å². The van der Waals surface area contributed by atoms with Gasteiger partial charge < -0.3 is 129 Å². The van der Waals surface area contributed by atoms with Gasteiger partial charge in [-0.25, -0.2) is 0 Å². The number of allylic oxidation sites excluding steroid dienone is 4. The van der Waals surface area contributed by atoms with Gasteiger partial charge >= 0.3 is 88.2 Å². The summed E-state index contributed by atoms with van der Waals surface area (Å²) in [6.07, 6.45) is 27.6. The quantitative estimate of drug-likeness (QED) is 0.213. The minimum atomic E-state index is 0. The van der Waals surface area contributed by atoms with Crippen LogP contribution in [0, 0.1) is 165 Å². The van der Waals surface area contributed by atoms with Gasteiger partial charge in [-0.05, 0) is 72.0 Å². The Morgan fingerprint density at radius 3 is 0.952 bits per heavy atom. The van der Waals surface area contributed by atoms with Crippen molar-refractivity contribution in [2.45, 2.75) is 167 Å². The fraction of sp³-hybridized carbons (Fsp3) is 0.636. The zero-order chi connectivity index (χ0) is 34.5.